The molecule has 4 rings (SSSR count). The van der Waals surface area contributed by atoms with Gasteiger partial charge in [0.25, 0.3) is 5.91 Å². The number of carbonyl (C=O) groups is 1. The SMILES string of the molecule is Cc1nc(C(C)N(CC2CC2)C(=O)c2cccc(C#N)c2)n(-c2ccccn2)n1. The number of hydrogen-bond acceptors (Lipinski definition) is 5. The minimum absolute atomic E-state index is 0.102. The maximum absolute atomic E-state index is 13.4. The van der Waals surface area contributed by atoms with E-state index in [1.54, 1.807) is 35.1 Å². The first kappa shape index (κ1) is 18.8. The Morgan fingerprint density at radius 3 is 2.83 bits per heavy atom. The van der Waals surface area contributed by atoms with E-state index in [9.17, 15) is 10.1 Å². The lowest BCUT2D eigenvalue weighted by molar-refractivity contribution is 0.0670. The average Bonchev–Trinajstić information content (AvgIpc) is 3.50. The summed E-state index contributed by atoms with van der Waals surface area (Å²) in [4.78, 5) is 24.2. The first-order valence-corrected chi connectivity index (χ1v) is 9.73. The standard InChI is InChI=1S/C22H22N6O/c1-15(21-25-16(2)26-28(21)20-8-3-4-11-24-20)27(14-17-9-10-17)22(29)19-7-5-6-18(12-19)13-23/h3-8,11-12,15,17H,9-10,14H2,1-2H3. The van der Waals surface area contributed by atoms with Crippen molar-refractivity contribution >= 4 is 5.91 Å². The zero-order chi connectivity index (χ0) is 20.4. The van der Waals surface area contributed by atoms with E-state index < -0.39 is 0 Å². The van der Waals surface area contributed by atoms with Crippen molar-refractivity contribution in [3.63, 3.8) is 0 Å². The molecule has 0 radical (unpaired) electrons. The fraction of sp³-hybridized carbons (Fsp3) is 0.318. The number of benzene rings is 1. The van der Waals surface area contributed by atoms with Crippen LogP contribution in [0.5, 0.6) is 0 Å². The molecule has 1 amide bonds. The normalized spacial score (nSPS) is 14.2. The fourth-order valence-electron chi connectivity index (χ4n) is 3.37. The Morgan fingerprint density at radius 1 is 1.31 bits per heavy atom. The second-order valence-corrected chi connectivity index (χ2v) is 7.39. The molecule has 1 saturated carbocycles. The van der Waals surface area contributed by atoms with Crippen LogP contribution < -0.4 is 0 Å². The topological polar surface area (TPSA) is 87.7 Å². The first-order chi connectivity index (χ1) is 14.1. The van der Waals surface area contributed by atoms with Crippen LogP contribution in [0.25, 0.3) is 5.82 Å². The largest absolute Gasteiger partial charge is 0.328 e. The minimum Gasteiger partial charge on any atom is -0.328 e. The maximum atomic E-state index is 13.4. The van der Waals surface area contributed by atoms with E-state index in [4.69, 9.17) is 0 Å². The fourth-order valence-corrected chi connectivity index (χ4v) is 3.37. The zero-order valence-corrected chi connectivity index (χ0v) is 16.5. The third-order valence-corrected chi connectivity index (χ3v) is 5.10. The van der Waals surface area contributed by atoms with Crippen LogP contribution in [0, 0.1) is 24.2 Å². The summed E-state index contributed by atoms with van der Waals surface area (Å²) < 4.78 is 1.71. The highest BCUT2D eigenvalue weighted by Crippen LogP contribution is 2.33. The van der Waals surface area contributed by atoms with Gasteiger partial charge in [0.15, 0.2) is 11.6 Å². The lowest BCUT2D eigenvalue weighted by atomic mass is 10.1. The molecular weight excluding hydrogens is 364 g/mol. The summed E-state index contributed by atoms with van der Waals surface area (Å²) in [6.45, 7) is 4.46. The molecule has 29 heavy (non-hydrogen) atoms. The van der Waals surface area contributed by atoms with E-state index in [-0.39, 0.29) is 11.9 Å². The maximum Gasteiger partial charge on any atom is 0.254 e. The van der Waals surface area contributed by atoms with Crippen molar-refractivity contribution in [2.75, 3.05) is 6.54 Å². The molecule has 1 atom stereocenters. The van der Waals surface area contributed by atoms with Gasteiger partial charge in [0, 0.05) is 18.3 Å². The van der Waals surface area contributed by atoms with E-state index in [0.29, 0.717) is 41.1 Å². The zero-order valence-electron chi connectivity index (χ0n) is 16.5. The number of carbonyl (C=O) groups excluding carboxylic acids is 1. The van der Waals surface area contributed by atoms with Gasteiger partial charge in [-0.15, -0.1) is 5.10 Å². The van der Waals surface area contributed by atoms with E-state index in [0.717, 1.165) is 12.8 Å². The number of aromatic nitrogens is 4. The van der Waals surface area contributed by atoms with Gasteiger partial charge >= 0.3 is 0 Å². The molecule has 0 spiro atoms. The summed E-state index contributed by atoms with van der Waals surface area (Å²) in [5, 5.41) is 13.7. The lowest BCUT2D eigenvalue weighted by Crippen LogP contribution is -2.36. The second kappa shape index (κ2) is 7.84. The van der Waals surface area contributed by atoms with Gasteiger partial charge in [-0.2, -0.15) is 9.94 Å². The molecule has 1 aliphatic carbocycles. The molecule has 1 aliphatic rings. The molecule has 0 N–H and O–H groups in total. The Hall–Kier alpha value is -3.53. The number of pyridine rings is 1. The molecule has 1 aromatic carbocycles. The predicted molar refractivity (Wildman–Crippen MR) is 107 cm³/mol. The molecule has 7 nitrogen and oxygen atoms in total. The molecule has 3 aromatic rings. The van der Waals surface area contributed by atoms with Crippen LogP contribution in [0.1, 0.15) is 53.4 Å². The van der Waals surface area contributed by atoms with E-state index >= 15 is 0 Å². The molecule has 0 bridgehead atoms. The number of nitrogens with zero attached hydrogens (tertiary/aromatic N) is 6. The van der Waals surface area contributed by atoms with Gasteiger partial charge in [-0.3, -0.25) is 4.79 Å². The molecule has 0 saturated heterocycles. The van der Waals surface area contributed by atoms with Crippen molar-refractivity contribution < 1.29 is 4.79 Å². The Labute approximate surface area is 169 Å². The minimum atomic E-state index is -0.294. The summed E-state index contributed by atoms with van der Waals surface area (Å²) in [5.41, 5.74) is 0.986. The summed E-state index contributed by atoms with van der Waals surface area (Å²) in [7, 11) is 0. The monoisotopic (exact) mass is 386 g/mol. The number of hydrogen-bond donors (Lipinski definition) is 0. The average molecular weight is 386 g/mol. The number of rotatable bonds is 6. The Kier molecular flexibility index (Phi) is 5.09. The Balaban J connectivity index is 1.71. The van der Waals surface area contributed by atoms with Crippen molar-refractivity contribution in [1.29, 1.82) is 5.26 Å². The van der Waals surface area contributed by atoms with Crippen LogP contribution in [0.2, 0.25) is 0 Å². The van der Waals surface area contributed by atoms with Crippen molar-refractivity contribution in [2.45, 2.75) is 32.7 Å². The smallest absolute Gasteiger partial charge is 0.254 e. The van der Waals surface area contributed by atoms with Crippen LogP contribution in [0.4, 0.5) is 0 Å². The Bertz CT molecular complexity index is 1060. The van der Waals surface area contributed by atoms with Crippen molar-refractivity contribution in [3.05, 3.63) is 71.4 Å². The van der Waals surface area contributed by atoms with Crippen LogP contribution in [-0.2, 0) is 0 Å². The predicted octanol–water partition coefficient (Wildman–Crippen LogP) is 3.46. The molecule has 1 unspecified atom stereocenters. The van der Waals surface area contributed by atoms with Gasteiger partial charge in [-0.1, -0.05) is 12.1 Å². The van der Waals surface area contributed by atoms with Crippen LogP contribution in [0.3, 0.4) is 0 Å². The first-order valence-electron chi connectivity index (χ1n) is 9.73. The van der Waals surface area contributed by atoms with Crippen LogP contribution in [-0.4, -0.2) is 37.1 Å². The summed E-state index contributed by atoms with van der Waals surface area (Å²) in [5.74, 6) is 2.37. The van der Waals surface area contributed by atoms with Crippen molar-refractivity contribution in [1.82, 2.24) is 24.6 Å². The van der Waals surface area contributed by atoms with Gasteiger partial charge in [0.2, 0.25) is 0 Å². The van der Waals surface area contributed by atoms with E-state index in [2.05, 4.69) is 21.1 Å². The third-order valence-electron chi connectivity index (χ3n) is 5.10. The quantitative estimate of drug-likeness (QED) is 0.647. The molecule has 1 fully saturated rings. The highest BCUT2D eigenvalue weighted by molar-refractivity contribution is 5.94. The van der Waals surface area contributed by atoms with Gasteiger partial charge in [-0.25, -0.2) is 9.97 Å². The highest BCUT2D eigenvalue weighted by atomic mass is 16.2. The Morgan fingerprint density at radius 2 is 2.14 bits per heavy atom. The summed E-state index contributed by atoms with van der Waals surface area (Å²) in [6, 6.07) is 14.3. The van der Waals surface area contributed by atoms with Gasteiger partial charge < -0.3 is 4.90 Å². The molecular formula is C22H22N6O. The lowest BCUT2D eigenvalue weighted by Gasteiger charge is -2.29. The van der Waals surface area contributed by atoms with Gasteiger partial charge in [-0.05, 0) is 62.9 Å². The number of nitriles is 1. The van der Waals surface area contributed by atoms with Gasteiger partial charge in [0.1, 0.15) is 5.82 Å². The number of amides is 1. The summed E-state index contributed by atoms with van der Waals surface area (Å²) in [6.07, 6.45) is 3.96. The molecule has 7 heteroatoms. The molecule has 2 aromatic heterocycles. The molecule has 0 aliphatic heterocycles. The summed E-state index contributed by atoms with van der Waals surface area (Å²) >= 11 is 0. The van der Waals surface area contributed by atoms with E-state index in [1.807, 2.05) is 36.9 Å². The van der Waals surface area contributed by atoms with Crippen molar-refractivity contribution in [3.8, 4) is 11.9 Å². The van der Waals surface area contributed by atoms with Crippen LogP contribution >= 0.6 is 0 Å². The third kappa shape index (κ3) is 4.02. The molecule has 146 valence electrons. The van der Waals surface area contributed by atoms with Crippen molar-refractivity contribution in [2.24, 2.45) is 5.92 Å². The van der Waals surface area contributed by atoms with E-state index in [1.165, 1.54) is 0 Å². The second-order valence-electron chi connectivity index (χ2n) is 7.39. The highest BCUT2D eigenvalue weighted by Gasteiger charge is 2.33. The van der Waals surface area contributed by atoms with Crippen LogP contribution in [0.15, 0.2) is 48.7 Å². The molecule has 2 heterocycles. The number of aryl methyl sites for hydroxylation is 1. The van der Waals surface area contributed by atoms with Gasteiger partial charge in [0.05, 0.1) is 17.7 Å².